The normalized spacial score (nSPS) is 13.2. The molecule has 0 aliphatic rings. The lowest BCUT2D eigenvalue weighted by atomic mass is 10.1. The van der Waals surface area contributed by atoms with E-state index in [1.807, 2.05) is 33.8 Å². The summed E-state index contributed by atoms with van der Waals surface area (Å²) >= 11 is 3.37. The van der Waals surface area contributed by atoms with Crippen molar-refractivity contribution in [3.05, 3.63) is 28.5 Å². The van der Waals surface area contributed by atoms with Gasteiger partial charge in [-0.1, -0.05) is 0 Å². The van der Waals surface area contributed by atoms with Gasteiger partial charge in [-0.25, -0.2) is 0 Å². The molecule has 18 heavy (non-hydrogen) atoms. The van der Waals surface area contributed by atoms with Crippen molar-refractivity contribution in [2.75, 3.05) is 0 Å². The maximum atomic E-state index is 11.8. The van der Waals surface area contributed by atoms with Crippen molar-refractivity contribution >= 4 is 21.8 Å². The van der Waals surface area contributed by atoms with Crippen LogP contribution in [-0.2, 0) is 11.3 Å². The number of pyridine rings is 1. The number of carbonyl (C=O) groups is 1. The summed E-state index contributed by atoms with van der Waals surface area (Å²) in [5, 5.41) is 6.12. The number of nitrogens with zero attached hydrogens (tertiary/aromatic N) is 1. The van der Waals surface area contributed by atoms with Gasteiger partial charge >= 0.3 is 0 Å². The van der Waals surface area contributed by atoms with E-state index in [1.54, 1.807) is 12.4 Å². The van der Waals surface area contributed by atoms with E-state index in [1.165, 1.54) is 0 Å². The molecule has 5 heteroatoms. The molecule has 0 saturated heterocycles. The number of carbonyl (C=O) groups excluding carboxylic acids is 1. The number of amides is 1. The number of halogens is 1. The highest BCUT2D eigenvalue weighted by molar-refractivity contribution is 9.10. The molecule has 1 aromatic rings. The maximum Gasteiger partial charge on any atom is 0.237 e. The zero-order valence-corrected chi connectivity index (χ0v) is 12.8. The Bertz CT molecular complexity index is 415. The summed E-state index contributed by atoms with van der Waals surface area (Å²) in [4.78, 5) is 15.9. The van der Waals surface area contributed by atoms with E-state index in [2.05, 4.69) is 31.5 Å². The van der Waals surface area contributed by atoms with Crippen LogP contribution in [0.2, 0.25) is 0 Å². The zero-order chi connectivity index (χ0) is 13.8. The van der Waals surface area contributed by atoms with E-state index in [-0.39, 0.29) is 17.5 Å². The smallest absolute Gasteiger partial charge is 0.237 e. The van der Waals surface area contributed by atoms with Gasteiger partial charge in [0.1, 0.15) is 0 Å². The SMILES string of the molecule is CC(NCc1cncc(Br)c1)C(=O)NC(C)(C)C. The fraction of sp³-hybridized carbons (Fsp3) is 0.538. The second kappa shape index (κ2) is 6.29. The molecule has 0 aromatic carbocycles. The molecule has 0 aliphatic carbocycles. The van der Waals surface area contributed by atoms with Crippen molar-refractivity contribution in [3.8, 4) is 0 Å². The monoisotopic (exact) mass is 313 g/mol. The van der Waals surface area contributed by atoms with Gasteiger partial charge in [0.15, 0.2) is 0 Å². The summed E-state index contributed by atoms with van der Waals surface area (Å²) in [5.41, 5.74) is 0.837. The summed E-state index contributed by atoms with van der Waals surface area (Å²) in [6.07, 6.45) is 3.52. The van der Waals surface area contributed by atoms with Crippen molar-refractivity contribution in [2.45, 2.75) is 45.8 Å². The molecule has 1 amide bonds. The minimum absolute atomic E-state index is 0.00505. The molecule has 1 rings (SSSR count). The topological polar surface area (TPSA) is 54.0 Å². The summed E-state index contributed by atoms with van der Waals surface area (Å²) in [7, 11) is 0. The Morgan fingerprint density at radius 2 is 2.11 bits per heavy atom. The van der Waals surface area contributed by atoms with E-state index in [9.17, 15) is 4.79 Å². The number of rotatable bonds is 4. The predicted molar refractivity (Wildman–Crippen MR) is 76.1 cm³/mol. The van der Waals surface area contributed by atoms with Gasteiger partial charge in [0.05, 0.1) is 6.04 Å². The molecule has 4 nitrogen and oxygen atoms in total. The first-order valence-electron chi connectivity index (χ1n) is 5.93. The first-order chi connectivity index (χ1) is 8.28. The van der Waals surface area contributed by atoms with Crippen LogP contribution in [-0.4, -0.2) is 22.5 Å². The third-order valence-electron chi connectivity index (χ3n) is 2.27. The number of hydrogen-bond acceptors (Lipinski definition) is 3. The molecule has 0 radical (unpaired) electrons. The van der Waals surface area contributed by atoms with Crippen LogP contribution in [0.1, 0.15) is 33.3 Å². The van der Waals surface area contributed by atoms with E-state index in [4.69, 9.17) is 0 Å². The van der Waals surface area contributed by atoms with Crippen LogP contribution in [0.25, 0.3) is 0 Å². The molecule has 0 aliphatic heterocycles. The van der Waals surface area contributed by atoms with Crippen molar-refractivity contribution in [3.63, 3.8) is 0 Å². The molecule has 1 aromatic heterocycles. The van der Waals surface area contributed by atoms with Crippen LogP contribution in [0.5, 0.6) is 0 Å². The minimum atomic E-state index is -0.233. The number of nitrogens with one attached hydrogen (secondary N) is 2. The largest absolute Gasteiger partial charge is 0.350 e. The molecule has 1 unspecified atom stereocenters. The Morgan fingerprint density at radius 1 is 1.44 bits per heavy atom. The van der Waals surface area contributed by atoms with E-state index >= 15 is 0 Å². The van der Waals surface area contributed by atoms with Crippen LogP contribution in [0.3, 0.4) is 0 Å². The van der Waals surface area contributed by atoms with Crippen molar-refractivity contribution in [1.29, 1.82) is 0 Å². The molecule has 1 heterocycles. The van der Waals surface area contributed by atoms with Gasteiger partial charge in [-0.05, 0) is 55.3 Å². The van der Waals surface area contributed by atoms with Crippen LogP contribution in [0.15, 0.2) is 22.9 Å². The Labute approximate surface area is 117 Å². The standard InChI is InChI=1S/C13H20BrN3O/c1-9(12(18)17-13(2,3)4)16-7-10-5-11(14)8-15-6-10/h5-6,8-9,16H,7H2,1-4H3,(H,17,18). The average molecular weight is 314 g/mol. The lowest BCUT2D eigenvalue weighted by Gasteiger charge is -2.23. The average Bonchev–Trinajstić information content (AvgIpc) is 2.23. The molecule has 1 atom stereocenters. The summed E-state index contributed by atoms with van der Waals surface area (Å²) in [5.74, 6) is 0.00505. The van der Waals surface area contributed by atoms with E-state index in [0.717, 1.165) is 10.0 Å². The lowest BCUT2D eigenvalue weighted by Crippen LogP contribution is -2.49. The summed E-state index contributed by atoms with van der Waals surface area (Å²) in [6.45, 7) is 8.37. The molecule has 0 spiro atoms. The van der Waals surface area contributed by atoms with Gasteiger partial charge in [0.25, 0.3) is 0 Å². The highest BCUT2D eigenvalue weighted by atomic mass is 79.9. The van der Waals surface area contributed by atoms with Crippen molar-refractivity contribution in [1.82, 2.24) is 15.6 Å². The van der Waals surface area contributed by atoms with Gasteiger partial charge in [-0.3, -0.25) is 9.78 Å². The third kappa shape index (κ3) is 5.60. The second-order valence-corrected chi connectivity index (χ2v) is 6.27. The van der Waals surface area contributed by atoms with Crippen LogP contribution >= 0.6 is 15.9 Å². The predicted octanol–water partition coefficient (Wildman–Crippen LogP) is 2.24. The Hall–Kier alpha value is -0.940. The highest BCUT2D eigenvalue weighted by Crippen LogP contribution is 2.09. The molecule has 100 valence electrons. The van der Waals surface area contributed by atoms with Gasteiger partial charge in [-0.2, -0.15) is 0 Å². The van der Waals surface area contributed by atoms with Crippen LogP contribution < -0.4 is 10.6 Å². The van der Waals surface area contributed by atoms with Crippen molar-refractivity contribution in [2.24, 2.45) is 0 Å². The quantitative estimate of drug-likeness (QED) is 0.896. The number of hydrogen-bond donors (Lipinski definition) is 2. The van der Waals surface area contributed by atoms with E-state index in [0.29, 0.717) is 6.54 Å². The van der Waals surface area contributed by atoms with Crippen LogP contribution in [0.4, 0.5) is 0 Å². The molecular weight excluding hydrogens is 294 g/mol. The Morgan fingerprint density at radius 3 is 2.67 bits per heavy atom. The minimum Gasteiger partial charge on any atom is -0.350 e. The fourth-order valence-corrected chi connectivity index (χ4v) is 1.81. The molecule has 0 fully saturated rings. The maximum absolute atomic E-state index is 11.8. The Kier molecular flexibility index (Phi) is 5.28. The van der Waals surface area contributed by atoms with Gasteiger partial charge in [0, 0.05) is 29.0 Å². The highest BCUT2D eigenvalue weighted by Gasteiger charge is 2.18. The second-order valence-electron chi connectivity index (χ2n) is 5.35. The van der Waals surface area contributed by atoms with Crippen LogP contribution in [0, 0.1) is 0 Å². The Balaban J connectivity index is 2.46. The summed E-state index contributed by atoms with van der Waals surface area (Å²) in [6, 6.07) is 1.75. The van der Waals surface area contributed by atoms with Gasteiger partial charge in [-0.15, -0.1) is 0 Å². The first kappa shape index (κ1) is 15.1. The summed E-state index contributed by atoms with van der Waals surface area (Å²) < 4.78 is 0.939. The molecule has 0 saturated carbocycles. The van der Waals surface area contributed by atoms with E-state index < -0.39 is 0 Å². The lowest BCUT2D eigenvalue weighted by molar-refractivity contribution is -0.124. The number of aromatic nitrogens is 1. The zero-order valence-electron chi connectivity index (χ0n) is 11.2. The van der Waals surface area contributed by atoms with Crippen molar-refractivity contribution < 1.29 is 4.79 Å². The van der Waals surface area contributed by atoms with Gasteiger partial charge < -0.3 is 10.6 Å². The fourth-order valence-electron chi connectivity index (χ4n) is 1.39. The molecular formula is C13H20BrN3O. The molecule has 2 N–H and O–H groups in total. The third-order valence-corrected chi connectivity index (χ3v) is 2.70. The molecule has 0 bridgehead atoms. The van der Waals surface area contributed by atoms with Gasteiger partial charge in [0.2, 0.25) is 5.91 Å². The first-order valence-corrected chi connectivity index (χ1v) is 6.72.